The normalized spacial score (nSPS) is 13.9. The summed E-state index contributed by atoms with van der Waals surface area (Å²) in [7, 11) is 1.60. The lowest BCUT2D eigenvalue weighted by Gasteiger charge is -2.17. The number of nitrogens with one attached hydrogen (secondary N) is 1. The number of hydrogen-bond acceptors (Lipinski definition) is 4. The molecule has 0 spiro atoms. The molecule has 0 heterocycles. The van der Waals surface area contributed by atoms with Gasteiger partial charge in [0.05, 0.1) is 13.2 Å². The van der Waals surface area contributed by atoms with Crippen LogP contribution in [0, 0.1) is 0 Å². The first-order valence-corrected chi connectivity index (χ1v) is 10.4. The van der Waals surface area contributed by atoms with Gasteiger partial charge in [0.25, 0.3) is 0 Å². The van der Waals surface area contributed by atoms with Crippen molar-refractivity contribution in [1.29, 1.82) is 0 Å². The first-order chi connectivity index (χ1) is 14.1. The number of benzene rings is 2. The minimum atomic E-state index is -0.194. The van der Waals surface area contributed by atoms with Crippen molar-refractivity contribution in [3.8, 4) is 11.5 Å². The van der Waals surface area contributed by atoms with Crippen molar-refractivity contribution in [2.24, 2.45) is 0 Å². The van der Waals surface area contributed by atoms with Crippen LogP contribution in [0.25, 0.3) is 0 Å². The van der Waals surface area contributed by atoms with Crippen molar-refractivity contribution in [1.82, 2.24) is 0 Å². The SMILES string of the molecule is CCc1ccc(C(=O)CCC(=O)Nc2ccc(OC)c(OC3CCCC3)c2)cc1. The number of ketones is 1. The van der Waals surface area contributed by atoms with Gasteiger partial charge in [-0.3, -0.25) is 9.59 Å². The number of ether oxygens (including phenoxy) is 2. The Morgan fingerprint density at radius 2 is 1.72 bits per heavy atom. The van der Waals surface area contributed by atoms with Crippen LogP contribution in [0.15, 0.2) is 42.5 Å². The number of carbonyl (C=O) groups is 2. The molecule has 0 bridgehead atoms. The average Bonchev–Trinajstić information content (AvgIpc) is 3.25. The molecular formula is C24H29NO4. The van der Waals surface area contributed by atoms with Crippen LogP contribution in [-0.2, 0) is 11.2 Å². The highest BCUT2D eigenvalue weighted by atomic mass is 16.5. The molecule has 2 aromatic rings. The van der Waals surface area contributed by atoms with Gasteiger partial charge >= 0.3 is 0 Å². The molecule has 1 amide bonds. The molecule has 0 unspecified atom stereocenters. The van der Waals surface area contributed by atoms with Crippen molar-refractivity contribution in [2.75, 3.05) is 12.4 Å². The predicted octanol–water partition coefficient (Wildman–Crippen LogP) is 5.18. The fraction of sp³-hybridized carbons (Fsp3) is 0.417. The van der Waals surface area contributed by atoms with Gasteiger partial charge in [0, 0.05) is 30.2 Å². The van der Waals surface area contributed by atoms with Crippen molar-refractivity contribution in [2.45, 2.75) is 58.0 Å². The molecule has 3 rings (SSSR count). The standard InChI is InChI=1S/C24H29NO4/c1-3-17-8-10-18(11-9-17)21(26)13-15-24(27)25-19-12-14-22(28-2)23(16-19)29-20-6-4-5-7-20/h8-12,14,16,20H,3-7,13,15H2,1-2H3,(H,25,27). The zero-order valence-electron chi connectivity index (χ0n) is 17.2. The number of amides is 1. The van der Waals surface area contributed by atoms with Gasteiger partial charge in [-0.1, -0.05) is 31.2 Å². The summed E-state index contributed by atoms with van der Waals surface area (Å²) in [6.45, 7) is 2.07. The Hall–Kier alpha value is -2.82. The number of rotatable bonds is 9. The summed E-state index contributed by atoms with van der Waals surface area (Å²) in [5.41, 5.74) is 2.48. The van der Waals surface area contributed by atoms with Crippen LogP contribution in [0.3, 0.4) is 0 Å². The van der Waals surface area contributed by atoms with Crippen molar-refractivity contribution < 1.29 is 19.1 Å². The molecule has 0 atom stereocenters. The molecule has 0 aromatic heterocycles. The van der Waals surface area contributed by atoms with E-state index in [4.69, 9.17) is 9.47 Å². The minimum absolute atomic E-state index is 0.0252. The smallest absolute Gasteiger partial charge is 0.224 e. The summed E-state index contributed by atoms with van der Waals surface area (Å²) in [6.07, 6.45) is 5.90. The van der Waals surface area contributed by atoms with Crippen molar-refractivity contribution in [3.05, 3.63) is 53.6 Å². The highest BCUT2D eigenvalue weighted by molar-refractivity contribution is 6.00. The Bertz CT molecular complexity index is 838. The van der Waals surface area contributed by atoms with Crippen LogP contribution in [0.1, 0.15) is 61.4 Å². The van der Waals surface area contributed by atoms with E-state index in [0.29, 0.717) is 22.7 Å². The predicted molar refractivity (Wildman–Crippen MR) is 114 cm³/mol. The summed E-state index contributed by atoms with van der Waals surface area (Å²) < 4.78 is 11.4. The monoisotopic (exact) mass is 395 g/mol. The van der Waals surface area contributed by atoms with E-state index in [1.165, 1.54) is 18.4 Å². The van der Waals surface area contributed by atoms with Gasteiger partial charge in [-0.2, -0.15) is 0 Å². The summed E-state index contributed by atoms with van der Waals surface area (Å²) in [5, 5.41) is 2.86. The van der Waals surface area contributed by atoms with Crippen LogP contribution in [0.5, 0.6) is 11.5 Å². The van der Waals surface area contributed by atoms with Crippen LogP contribution in [0.4, 0.5) is 5.69 Å². The second-order valence-electron chi connectivity index (χ2n) is 7.41. The molecule has 29 heavy (non-hydrogen) atoms. The Kier molecular flexibility index (Phi) is 7.28. The number of Topliss-reactive ketones (excluding diaryl/α,β-unsaturated/α-hetero) is 1. The summed E-state index contributed by atoms with van der Waals surface area (Å²) in [5.74, 6) is 1.08. The van der Waals surface area contributed by atoms with Gasteiger partial charge in [-0.25, -0.2) is 0 Å². The molecule has 1 aliphatic carbocycles. The third-order valence-electron chi connectivity index (χ3n) is 5.31. The summed E-state index contributed by atoms with van der Waals surface area (Å²) >= 11 is 0. The van der Waals surface area contributed by atoms with E-state index >= 15 is 0 Å². The zero-order chi connectivity index (χ0) is 20.6. The first-order valence-electron chi connectivity index (χ1n) is 10.4. The Morgan fingerprint density at radius 3 is 2.38 bits per heavy atom. The molecule has 0 saturated heterocycles. The Labute approximate surface area is 172 Å². The minimum Gasteiger partial charge on any atom is -0.493 e. The molecule has 1 saturated carbocycles. The molecule has 154 valence electrons. The quantitative estimate of drug-likeness (QED) is 0.594. The molecule has 5 heteroatoms. The number of aryl methyl sites for hydroxylation is 1. The van der Waals surface area contributed by atoms with E-state index in [2.05, 4.69) is 12.2 Å². The van der Waals surface area contributed by atoms with Crippen LogP contribution in [-0.4, -0.2) is 24.9 Å². The molecule has 0 aliphatic heterocycles. The highest BCUT2D eigenvalue weighted by Gasteiger charge is 2.19. The van der Waals surface area contributed by atoms with Gasteiger partial charge in [0.2, 0.25) is 5.91 Å². The largest absolute Gasteiger partial charge is 0.493 e. The Balaban J connectivity index is 1.55. The van der Waals surface area contributed by atoms with E-state index in [1.807, 2.05) is 24.3 Å². The second kappa shape index (κ2) is 10.1. The molecule has 5 nitrogen and oxygen atoms in total. The van der Waals surface area contributed by atoms with E-state index in [0.717, 1.165) is 19.3 Å². The van der Waals surface area contributed by atoms with Gasteiger partial charge in [0.15, 0.2) is 17.3 Å². The Morgan fingerprint density at radius 1 is 1.00 bits per heavy atom. The summed E-state index contributed by atoms with van der Waals surface area (Å²) in [4.78, 5) is 24.6. The number of carbonyl (C=O) groups excluding carboxylic acids is 2. The number of methoxy groups -OCH3 is 1. The van der Waals surface area contributed by atoms with Gasteiger partial charge in [0.1, 0.15) is 0 Å². The topological polar surface area (TPSA) is 64.6 Å². The summed E-state index contributed by atoms with van der Waals surface area (Å²) in [6, 6.07) is 12.9. The maximum atomic E-state index is 12.3. The van der Waals surface area contributed by atoms with E-state index in [1.54, 1.807) is 25.3 Å². The van der Waals surface area contributed by atoms with Crippen LogP contribution >= 0.6 is 0 Å². The lowest BCUT2D eigenvalue weighted by atomic mass is 10.0. The van der Waals surface area contributed by atoms with Crippen LogP contribution < -0.4 is 14.8 Å². The average molecular weight is 395 g/mol. The number of hydrogen-bond donors (Lipinski definition) is 1. The van der Waals surface area contributed by atoms with E-state index < -0.39 is 0 Å². The van der Waals surface area contributed by atoms with Gasteiger partial charge in [-0.05, 0) is 49.8 Å². The molecular weight excluding hydrogens is 366 g/mol. The lowest BCUT2D eigenvalue weighted by molar-refractivity contribution is -0.116. The first kappa shape index (κ1) is 20.9. The molecule has 1 fully saturated rings. The molecule has 1 aliphatic rings. The van der Waals surface area contributed by atoms with E-state index in [-0.39, 0.29) is 30.6 Å². The molecule has 0 radical (unpaired) electrons. The zero-order valence-corrected chi connectivity index (χ0v) is 17.2. The van der Waals surface area contributed by atoms with Crippen molar-refractivity contribution in [3.63, 3.8) is 0 Å². The fourth-order valence-corrected chi connectivity index (χ4v) is 3.55. The van der Waals surface area contributed by atoms with Crippen LogP contribution in [0.2, 0.25) is 0 Å². The molecule has 2 aromatic carbocycles. The lowest BCUT2D eigenvalue weighted by Crippen LogP contribution is -2.15. The van der Waals surface area contributed by atoms with Gasteiger partial charge in [-0.15, -0.1) is 0 Å². The molecule has 1 N–H and O–H groups in total. The maximum Gasteiger partial charge on any atom is 0.224 e. The van der Waals surface area contributed by atoms with E-state index in [9.17, 15) is 9.59 Å². The third-order valence-corrected chi connectivity index (χ3v) is 5.31. The maximum absolute atomic E-state index is 12.3. The van der Waals surface area contributed by atoms with Crippen molar-refractivity contribution >= 4 is 17.4 Å². The highest BCUT2D eigenvalue weighted by Crippen LogP contribution is 2.34. The fourth-order valence-electron chi connectivity index (χ4n) is 3.55. The number of anilines is 1. The second-order valence-corrected chi connectivity index (χ2v) is 7.41. The van der Waals surface area contributed by atoms with Gasteiger partial charge < -0.3 is 14.8 Å². The third kappa shape index (κ3) is 5.83.